The number of aryl methyl sites for hydroxylation is 1. The standard InChI is InChI=1S/C23H32N4O/c1-4-6-14-26(5-2)23(28)20-11-8-15-27(17-20)22-13-12-21(24-25-22)19-10-7-9-18(3)16-19/h7,9-10,12-13,16,20H,4-6,8,11,14-15,17H2,1-3H3/t20-/m0/s1. The number of piperidine rings is 1. The summed E-state index contributed by atoms with van der Waals surface area (Å²) in [6.45, 7) is 9.65. The molecule has 0 radical (unpaired) electrons. The van der Waals surface area contributed by atoms with Gasteiger partial charge in [-0.25, -0.2) is 0 Å². The van der Waals surface area contributed by atoms with Crippen LogP contribution in [0, 0.1) is 12.8 Å². The average Bonchev–Trinajstić information content (AvgIpc) is 2.74. The number of benzene rings is 1. The van der Waals surface area contributed by atoms with E-state index in [1.165, 1.54) is 5.56 Å². The van der Waals surface area contributed by atoms with Gasteiger partial charge < -0.3 is 9.80 Å². The van der Waals surface area contributed by atoms with E-state index in [2.05, 4.69) is 54.1 Å². The minimum absolute atomic E-state index is 0.0591. The topological polar surface area (TPSA) is 49.3 Å². The highest BCUT2D eigenvalue weighted by molar-refractivity contribution is 5.79. The number of rotatable bonds is 7. The van der Waals surface area contributed by atoms with Crippen molar-refractivity contribution in [3.8, 4) is 11.3 Å². The molecule has 5 heteroatoms. The Morgan fingerprint density at radius 3 is 2.75 bits per heavy atom. The lowest BCUT2D eigenvalue weighted by atomic mass is 9.96. The highest BCUT2D eigenvalue weighted by Crippen LogP contribution is 2.25. The van der Waals surface area contributed by atoms with E-state index < -0.39 is 0 Å². The van der Waals surface area contributed by atoms with Gasteiger partial charge in [-0.2, -0.15) is 0 Å². The van der Waals surface area contributed by atoms with Crippen LogP contribution in [0.5, 0.6) is 0 Å². The lowest BCUT2D eigenvalue weighted by Crippen LogP contribution is -2.45. The molecule has 1 aliphatic rings. The lowest BCUT2D eigenvalue weighted by Gasteiger charge is -2.35. The first kappa shape index (κ1) is 20.3. The van der Waals surface area contributed by atoms with E-state index in [-0.39, 0.29) is 5.92 Å². The summed E-state index contributed by atoms with van der Waals surface area (Å²) in [6, 6.07) is 12.4. The highest BCUT2D eigenvalue weighted by Gasteiger charge is 2.29. The maximum atomic E-state index is 12.9. The Labute approximate surface area is 168 Å². The zero-order valence-corrected chi connectivity index (χ0v) is 17.4. The molecule has 5 nitrogen and oxygen atoms in total. The number of hydrogen-bond donors (Lipinski definition) is 0. The normalized spacial score (nSPS) is 16.8. The zero-order chi connectivity index (χ0) is 19.9. The van der Waals surface area contributed by atoms with Crippen LogP contribution in [0.25, 0.3) is 11.3 Å². The molecule has 1 aromatic heterocycles. The van der Waals surface area contributed by atoms with Gasteiger partial charge in [0.25, 0.3) is 0 Å². The van der Waals surface area contributed by atoms with E-state index in [9.17, 15) is 4.79 Å². The van der Waals surface area contributed by atoms with Gasteiger partial charge >= 0.3 is 0 Å². The van der Waals surface area contributed by atoms with Gasteiger partial charge in [0.15, 0.2) is 5.82 Å². The van der Waals surface area contributed by atoms with Crippen LogP contribution >= 0.6 is 0 Å². The van der Waals surface area contributed by atoms with Crippen LogP contribution in [0.1, 0.15) is 45.1 Å². The smallest absolute Gasteiger partial charge is 0.227 e. The number of unbranched alkanes of at least 4 members (excludes halogenated alkanes) is 1. The molecule has 0 N–H and O–H groups in total. The van der Waals surface area contributed by atoms with Gasteiger partial charge in [-0.3, -0.25) is 4.79 Å². The maximum Gasteiger partial charge on any atom is 0.227 e. The number of anilines is 1. The Bertz CT molecular complexity index is 774. The van der Waals surface area contributed by atoms with E-state index in [4.69, 9.17) is 0 Å². The van der Waals surface area contributed by atoms with Gasteiger partial charge in [-0.1, -0.05) is 37.1 Å². The van der Waals surface area contributed by atoms with Gasteiger partial charge in [0, 0.05) is 31.7 Å². The molecule has 1 aromatic carbocycles. The van der Waals surface area contributed by atoms with E-state index in [0.717, 1.165) is 68.9 Å². The second-order valence-electron chi connectivity index (χ2n) is 7.70. The van der Waals surface area contributed by atoms with Crippen molar-refractivity contribution >= 4 is 11.7 Å². The molecule has 1 aliphatic heterocycles. The van der Waals surface area contributed by atoms with Crippen molar-refractivity contribution in [1.29, 1.82) is 0 Å². The number of hydrogen-bond acceptors (Lipinski definition) is 4. The molecule has 0 unspecified atom stereocenters. The molecular formula is C23H32N4O. The molecule has 1 saturated heterocycles. The lowest BCUT2D eigenvalue weighted by molar-refractivity contribution is -0.135. The van der Waals surface area contributed by atoms with Crippen LogP contribution in [0.15, 0.2) is 36.4 Å². The Morgan fingerprint density at radius 1 is 1.21 bits per heavy atom. The molecule has 28 heavy (non-hydrogen) atoms. The predicted octanol–water partition coefficient (Wildman–Crippen LogP) is 4.32. The van der Waals surface area contributed by atoms with Gasteiger partial charge in [-0.05, 0) is 51.3 Å². The van der Waals surface area contributed by atoms with Crippen LogP contribution in [-0.4, -0.2) is 47.2 Å². The third-order valence-corrected chi connectivity index (χ3v) is 5.53. The average molecular weight is 381 g/mol. The third-order valence-electron chi connectivity index (χ3n) is 5.53. The van der Waals surface area contributed by atoms with E-state index in [1.54, 1.807) is 0 Å². The second kappa shape index (κ2) is 9.67. The molecule has 0 spiro atoms. The van der Waals surface area contributed by atoms with Crippen LogP contribution in [0.4, 0.5) is 5.82 Å². The Balaban J connectivity index is 1.67. The van der Waals surface area contributed by atoms with Crippen molar-refractivity contribution in [1.82, 2.24) is 15.1 Å². The molecule has 2 aromatic rings. The summed E-state index contributed by atoms with van der Waals surface area (Å²) >= 11 is 0. The molecule has 2 heterocycles. The second-order valence-corrected chi connectivity index (χ2v) is 7.70. The Morgan fingerprint density at radius 2 is 2.07 bits per heavy atom. The van der Waals surface area contributed by atoms with Gasteiger partial charge in [0.05, 0.1) is 11.6 Å². The van der Waals surface area contributed by atoms with Gasteiger partial charge in [0.1, 0.15) is 0 Å². The molecule has 3 rings (SSSR count). The van der Waals surface area contributed by atoms with Crippen LogP contribution in [0.2, 0.25) is 0 Å². The van der Waals surface area contributed by atoms with Gasteiger partial charge in [0.2, 0.25) is 5.91 Å². The molecule has 0 aliphatic carbocycles. The molecule has 0 bridgehead atoms. The number of carbonyl (C=O) groups excluding carboxylic acids is 1. The molecule has 1 atom stereocenters. The molecule has 150 valence electrons. The van der Waals surface area contributed by atoms with Crippen LogP contribution in [-0.2, 0) is 4.79 Å². The third kappa shape index (κ3) is 4.89. The first-order valence-corrected chi connectivity index (χ1v) is 10.6. The first-order valence-electron chi connectivity index (χ1n) is 10.6. The SMILES string of the molecule is CCCCN(CC)C(=O)[C@H]1CCCN(c2ccc(-c3cccc(C)c3)nn2)C1. The molecule has 1 amide bonds. The highest BCUT2D eigenvalue weighted by atomic mass is 16.2. The summed E-state index contributed by atoms with van der Waals surface area (Å²) < 4.78 is 0. The summed E-state index contributed by atoms with van der Waals surface area (Å²) in [7, 11) is 0. The predicted molar refractivity (Wildman–Crippen MR) is 114 cm³/mol. The van der Waals surface area contributed by atoms with Gasteiger partial charge in [-0.15, -0.1) is 10.2 Å². The summed E-state index contributed by atoms with van der Waals surface area (Å²) in [5, 5.41) is 8.91. The largest absolute Gasteiger partial charge is 0.354 e. The quantitative estimate of drug-likeness (QED) is 0.718. The monoisotopic (exact) mass is 380 g/mol. The first-order chi connectivity index (χ1) is 13.6. The van der Waals surface area contributed by atoms with E-state index in [0.29, 0.717) is 5.91 Å². The summed E-state index contributed by atoms with van der Waals surface area (Å²) in [4.78, 5) is 17.2. The van der Waals surface area contributed by atoms with Crippen molar-refractivity contribution < 1.29 is 4.79 Å². The molecular weight excluding hydrogens is 348 g/mol. The number of carbonyl (C=O) groups is 1. The zero-order valence-electron chi connectivity index (χ0n) is 17.4. The van der Waals surface area contributed by atoms with Crippen molar-refractivity contribution in [2.45, 2.75) is 46.5 Å². The number of aromatic nitrogens is 2. The Hall–Kier alpha value is -2.43. The fraction of sp³-hybridized carbons (Fsp3) is 0.522. The van der Waals surface area contributed by atoms with Crippen molar-refractivity contribution in [3.63, 3.8) is 0 Å². The maximum absolute atomic E-state index is 12.9. The summed E-state index contributed by atoms with van der Waals surface area (Å²) in [5.41, 5.74) is 3.18. The molecule has 1 fully saturated rings. The number of amides is 1. The minimum Gasteiger partial charge on any atom is -0.354 e. The fourth-order valence-electron chi connectivity index (χ4n) is 3.87. The van der Waals surface area contributed by atoms with Crippen LogP contribution < -0.4 is 4.90 Å². The number of nitrogens with zero attached hydrogens (tertiary/aromatic N) is 4. The summed E-state index contributed by atoms with van der Waals surface area (Å²) in [6.07, 6.45) is 4.17. The van der Waals surface area contributed by atoms with E-state index in [1.807, 2.05) is 23.1 Å². The Kier molecular flexibility index (Phi) is 7.01. The summed E-state index contributed by atoms with van der Waals surface area (Å²) in [5.74, 6) is 1.22. The van der Waals surface area contributed by atoms with Crippen molar-refractivity contribution in [3.05, 3.63) is 42.0 Å². The van der Waals surface area contributed by atoms with E-state index >= 15 is 0 Å². The van der Waals surface area contributed by atoms with Crippen molar-refractivity contribution in [2.24, 2.45) is 5.92 Å². The molecule has 0 saturated carbocycles. The van der Waals surface area contributed by atoms with Crippen LogP contribution in [0.3, 0.4) is 0 Å². The minimum atomic E-state index is 0.0591. The fourth-order valence-corrected chi connectivity index (χ4v) is 3.87. The van der Waals surface area contributed by atoms with Crippen molar-refractivity contribution in [2.75, 3.05) is 31.1 Å².